The summed E-state index contributed by atoms with van der Waals surface area (Å²) in [5, 5.41) is 0. The molecule has 0 aromatic carbocycles. The van der Waals surface area contributed by atoms with E-state index in [9.17, 15) is 13.2 Å². The van der Waals surface area contributed by atoms with Gasteiger partial charge in [-0.2, -0.15) is 11.8 Å². The predicted molar refractivity (Wildman–Crippen MR) is 80.7 cm³/mol. The number of nitrogens with two attached hydrogens (primary N) is 1. The Labute approximate surface area is 124 Å². The number of sulfone groups is 1. The standard InChI is InChI=1S/C13H23NO4S2/c1-20(16,17)7-3-11(14)12(15)10-2-5-18-13(8-10)4-6-19-9-13/h10-11H,2-9,14H2,1H3. The topological polar surface area (TPSA) is 86.5 Å². The van der Waals surface area contributed by atoms with Gasteiger partial charge in [0.25, 0.3) is 0 Å². The average Bonchev–Trinajstić information content (AvgIpc) is 2.82. The Hall–Kier alpha value is -0.110. The molecule has 3 unspecified atom stereocenters. The Balaban J connectivity index is 1.91. The van der Waals surface area contributed by atoms with Gasteiger partial charge in [0.2, 0.25) is 0 Å². The predicted octanol–water partition coefficient (Wildman–Crippen LogP) is 0.620. The molecular weight excluding hydrogens is 298 g/mol. The van der Waals surface area contributed by atoms with Crippen LogP contribution < -0.4 is 5.73 Å². The molecule has 2 rings (SSSR count). The van der Waals surface area contributed by atoms with Crippen molar-refractivity contribution in [2.75, 3.05) is 30.1 Å². The second-order valence-electron chi connectivity index (χ2n) is 5.95. The van der Waals surface area contributed by atoms with Crippen molar-refractivity contribution in [1.29, 1.82) is 0 Å². The molecule has 0 aromatic rings. The Kier molecular flexibility index (Phi) is 5.15. The Morgan fingerprint density at radius 2 is 2.30 bits per heavy atom. The number of thioether (sulfide) groups is 1. The maximum atomic E-state index is 12.4. The number of Topliss-reactive ketones (excluding diaryl/α,β-unsaturated/α-hetero) is 1. The van der Waals surface area contributed by atoms with Crippen LogP contribution in [0.4, 0.5) is 0 Å². The normalized spacial score (nSPS) is 32.4. The summed E-state index contributed by atoms with van der Waals surface area (Å²) in [5.41, 5.74) is 5.74. The van der Waals surface area contributed by atoms with Crippen LogP contribution in [0.2, 0.25) is 0 Å². The minimum atomic E-state index is -3.07. The molecule has 2 N–H and O–H groups in total. The van der Waals surface area contributed by atoms with Crippen molar-refractivity contribution in [3.63, 3.8) is 0 Å². The van der Waals surface area contributed by atoms with Crippen LogP contribution in [0, 0.1) is 5.92 Å². The van der Waals surface area contributed by atoms with Gasteiger partial charge in [-0.1, -0.05) is 0 Å². The summed E-state index contributed by atoms with van der Waals surface area (Å²) < 4.78 is 28.2. The highest BCUT2D eigenvalue weighted by Crippen LogP contribution is 2.40. The van der Waals surface area contributed by atoms with Crippen molar-refractivity contribution >= 4 is 27.4 Å². The lowest BCUT2D eigenvalue weighted by Crippen LogP contribution is -2.46. The summed E-state index contributed by atoms with van der Waals surface area (Å²) in [4.78, 5) is 12.4. The smallest absolute Gasteiger partial charge is 0.152 e. The van der Waals surface area contributed by atoms with Gasteiger partial charge >= 0.3 is 0 Å². The number of ether oxygens (including phenoxy) is 1. The third kappa shape index (κ3) is 4.19. The van der Waals surface area contributed by atoms with Gasteiger partial charge in [-0.15, -0.1) is 0 Å². The van der Waals surface area contributed by atoms with Crippen molar-refractivity contribution in [2.24, 2.45) is 11.7 Å². The second-order valence-corrected chi connectivity index (χ2v) is 9.32. The van der Waals surface area contributed by atoms with E-state index in [1.165, 1.54) is 6.26 Å². The SMILES string of the molecule is CS(=O)(=O)CCC(N)C(=O)C1CCOC2(CCSC2)C1. The maximum absolute atomic E-state index is 12.4. The zero-order valence-corrected chi connectivity index (χ0v) is 13.5. The van der Waals surface area contributed by atoms with Gasteiger partial charge < -0.3 is 10.5 Å². The molecule has 5 nitrogen and oxygen atoms in total. The maximum Gasteiger partial charge on any atom is 0.152 e. The molecule has 0 saturated carbocycles. The largest absolute Gasteiger partial charge is 0.374 e. The van der Waals surface area contributed by atoms with Crippen LogP contribution in [0.3, 0.4) is 0 Å². The number of hydrogen-bond donors (Lipinski definition) is 1. The molecule has 2 saturated heterocycles. The molecular formula is C13H23NO4S2. The molecule has 0 radical (unpaired) electrons. The molecule has 2 aliphatic heterocycles. The average molecular weight is 321 g/mol. The van der Waals surface area contributed by atoms with Crippen LogP contribution in [0.5, 0.6) is 0 Å². The Morgan fingerprint density at radius 3 is 2.90 bits per heavy atom. The molecule has 2 heterocycles. The summed E-state index contributed by atoms with van der Waals surface area (Å²) in [7, 11) is -3.07. The van der Waals surface area contributed by atoms with E-state index in [0.29, 0.717) is 13.0 Å². The Bertz CT molecular complexity index is 457. The van der Waals surface area contributed by atoms with Gasteiger partial charge in [-0.3, -0.25) is 4.79 Å². The highest BCUT2D eigenvalue weighted by atomic mass is 32.2. The fraction of sp³-hybridized carbons (Fsp3) is 0.923. The number of rotatable bonds is 5. The van der Waals surface area contributed by atoms with Crippen molar-refractivity contribution in [3.05, 3.63) is 0 Å². The highest BCUT2D eigenvalue weighted by molar-refractivity contribution is 7.99. The molecule has 2 aliphatic rings. The van der Waals surface area contributed by atoms with E-state index in [4.69, 9.17) is 10.5 Å². The van der Waals surface area contributed by atoms with Crippen LogP contribution in [-0.2, 0) is 19.4 Å². The zero-order valence-electron chi connectivity index (χ0n) is 11.8. The lowest BCUT2D eigenvalue weighted by Gasteiger charge is -2.37. The van der Waals surface area contributed by atoms with E-state index in [0.717, 1.165) is 24.3 Å². The number of hydrogen-bond acceptors (Lipinski definition) is 6. The van der Waals surface area contributed by atoms with E-state index in [2.05, 4.69) is 0 Å². The summed E-state index contributed by atoms with van der Waals surface area (Å²) in [6.45, 7) is 0.607. The van der Waals surface area contributed by atoms with Gasteiger partial charge in [0.1, 0.15) is 9.84 Å². The highest BCUT2D eigenvalue weighted by Gasteiger charge is 2.43. The van der Waals surface area contributed by atoms with Gasteiger partial charge in [-0.25, -0.2) is 8.42 Å². The van der Waals surface area contributed by atoms with Crippen LogP contribution in [0.15, 0.2) is 0 Å². The van der Waals surface area contributed by atoms with Crippen LogP contribution in [0.25, 0.3) is 0 Å². The van der Waals surface area contributed by atoms with Crippen LogP contribution in [0.1, 0.15) is 25.7 Å². The molecule has 116 valence electrons. The minimum absolute atomic E-state index is 0.00762. The molecule has 3 atom stereocenters. The molecule has 1 spiro atoms. The first-order chi connectivity index (χ1) is 9.31. The number of carbonyl (C=O) groups is 1. The first-order valence-corrected chi connectivity index (χ1v) is 10.2. The van der Waals surface area contributed by atoms with Gasteiger partial charge in [0.05, 0.1) is 17.4 Å². The van der Waals surface area contributed by atoms with Crippen molar-refractivity contribution < 1.29 is 17.9 Å². The van der Waals surface area contributed by atoms with Gasteiger partial charge in [0, 0.05) is 24.5 Å². The van der Waals surface area contributed by atoms with Crippen molar-refractivity contribution in [1.82, 2.24) is 0 Å². The van der Waals surface area contributed by atoms with Crippen LogP contribution in [-0.4, -0.2) is 56.0 Å². The molecule has 2 fully saturated rings. The van der Waals surface area contributed by atoms with E-state index in [1.54, 1.807) is 0 Å². The molecule has 0 amide bonds. The van der Waals surface area contributed by atoms with E-state index >= 15 is 0 Å². The fourth-order valence-corrected chi connectivity index (χ4v) is 4.98. The molecule has 0 aliphatic carbocycles. The van der Waals surface area contributed by atoms with Crippen molar-refractivity contribution in [2.45, 2.75) is 37.3 Å². The van der Waals surface area contributed by atoms with E-state index < -0.39 is 15.9 Å². The van der Waals surface area contributed by atoms with Gasteiger partial charge in [0.15, 0.2) is 5.78 Å². The number of carbonyl (C=O) groups excluding carboxylic acids is 1. The lowest BCUT2D eigenvalue weighted by molar-refractivity contribution is -0.135. The molecule has 7 heteroatoms. The molecule has 20 heavy (non-hydrogen) atoms. The Morgan fingerprint density at radius 1 is 1.55 bits per heavy atom. The third-order valence-electron chi connectivity index (χ3n) is 4.13. The minimum Gasteiger partial charge on any atom is -0.374 e. The fourth-order valence-electron chi connectivity index (χ4n) is 2.92. The van der Waals surface area contributed by atoms with E-state index in [1.807, 2.05) is 11.8 Å². The zero-order chi connectivity index (χ0) is 14.8. The lowest BCUT2D eigenvalue weighted by atomic mass is 9.81. The number of ketones is 1. The third-order valence-corrected chi connectivity index (χ3v) is 6.33. The van der Waals surface area contributed by atoms with Crippen LogP contribution >= 0.6 is 11.8 Å². The first-order valence-electron chi connectivity index (χ1n) is 7.00. The second kappa shape index (κ2) is 6.34. The monoisotopic (exact) mass is 321 g/mol. The quantitative estimate of drug-likeness (QED) is 0.799. The summed E-state index contributed by atoms with van der Waals surface area (Å²) >= 11 is 1.87. The summed E-state index contributed by atoms with van der Waals surface area (Å²) in [5.74, 6) is 1.95. The van der Waals surface area contributed by atoms with Crippen molar-refractivity contribution in [3.8, 4) is 0 Å². The van der Waals surface area contributed by atoms with Gasteiger partial charge in [-0.05, 0) is 31.4 Å². The summed E-state index contributed by atoms with van der Waals surface area (Å²) in [6.07, 6.45) is 3.84. The molecule has 0 aromatic heterocycles. The van der Waals surface area contributed by atoms with E-state index in [-0.39, 0.29) is 29.5 Å². The first kappa shape index (κ1) is 16.3. The summed E-state index contributed by atoms with van der Waals surface area (Å²) in [6, 6.07) is -0.668. The molecule has 0 bridgehead atoms.